The fraction of sp³-hybridized carbons (Fsp3) is 0.125. The lowest BCUT2D eigenvalue weighted by atomic mass is 10.3. The van der Waals surface area contributed by atoms with Gasteiger partial charge in [0.2, 0.25) is 0 Å². The lowest BCUT2D eigenvalue weighted by Gasteiger charge is -2.08. The lowest BCUT2D eigenvalue weighted by molar-refractivity contribution is 0.102. The quantitative estimate of drug-likeness (QED) is 0.790. The van der Waals surface area contributed by atoms with Gasteiger partial charge in [0, 0.05) is 5.69 Å². The van der Waals surface area contributed by atoms with Gasteiger partial charge >= 0.3 is 0 Å². The Labute approximate surface area is 142 Å². The van der Waals surface area contributed by atoms with E-state index in [0.29, 0.717) is 5.82 Å². The Morgan fingerprint density at radius 2 is 2.04 bits per heavy atom. The van der Waals surface area contributed by atoms with Crippen molar-refractivity contribution in [3.05, 3.63) is 64.5 Å². The minimum atomic E-state index is -0.539. The zero-order valence-electron chi connectivity index (χ0n) is 12.9. The molecule has 6 nitrogen and oxygen atoms in total. The van der Waals surface area contributed by atoms with Crippen molar-refractivity contribution in [1.29, 1.82) is 0 Å². The number of carbonyl (C=O) groups excluding carboxylic acids is 1. The van der Waals surface area contributed by atoms with E-state index in [-0.39, 0.29) is 16.5 Å². The van der Waals surface area contributed by atoms with E-state index in [1.54, 1.807) is 16.8 Å². The van der Waals surface area contributed by atoms with Gasteiger partial charge in [-0.25, -0.2) is 19.0 Å². The predicted molar refractivity (Wildman–Crippen MR) is 88.0 cm³/mol. The standard InChI is InChI=1S/C16H13ClFN5O/c1-9-7-10(2)23(22-9)14-6-4-12(17)15(21-14)16(24)20-13-5-3-11(18)8-19-13/h3-8H,1-2H3,(H,19,20,24). The summed E-state index contributed by atoms with van der Waals surface area (Å²) in [4.78, 5) is 20.4. The van der Waals surface area contributed by atoms with E-state index >= 15 is 0 Å². The summed E-state index contributed by atoms with van der Waals surface area (Å²) in [6, 6.07) is 7.70. The molecule has 0 aliphatic rings. The number of aromatic nitrogens is 4. The van der Waals surface area contributed by atoms with Gasteiger partial charge in [-0.05, 0) is 44.2 Å². The molecule has 3 aromatic rings. The van der Waals surface area contributed by atoms with Crippen molar-refractivity contribution < 1.29 is 9.18 Å². The SMILES string of the molecule is Cc1cc(C)n(-c2ccc(Cl)c(C(=O)Nc3ccc(F)cn3)n2)n1. The van der Waals surface area contributed by atoms with Crippen LogP contribution >= 0.6 is 11.6 Å². The predicted octanol–water partition coefficient (Wildman–Crippen LogP) is 3.32. The largest absolute Gasteiger partial charge is 0.305 e. The number of aryl methyl sites for hydroxylation is 2. The molecule has 0 saturated carbocycles. The summed E-state index contributed by atoms with van der Waals surface area (Å²) < 4.78 is 14.5. The lowest BCUT2D eigenvalue weighted by Crippen LogP contribution is -2.16. The van der Waals surface area contributed by atoms with Gasteiger partial charge in [-0.2, -0.15) is 5.10 Å². The number of pyridine rings is 2. The Hall–Kier alpha value is -2.80. The third-order valence-corrected chi connectivity index (χ3v) is 3.55. The molecule has 3 aromatic heterocycles. The Balaban J connectivity index is 1.92. The Morgan fingerprint density at radius 1 is 1.25 bits per heavy atom. The number of rotatable bonds is 3. The molecule has 0 radical (unpaired) electrons. The number of hydrogen-bond donors (Lipinski definition) is 1. The highest BCUT2D eigenvalue weighted by atomic mass is 35.5. The first-order chi connectivity index (χ1) is 11.4. The van der Waals surface area contributed by atoms with Crippen LogP contribution in [0.1, 0.15) is 21.9 Å². The summed E-state index contributed by atoms with van der Waals surface area (Å²) in [7, 11) is 0. The van der Waals surface area contributed by atoms with E-state index in [2.05, 4.69) is 20.4 Å². The molecular formula is C16H13ClFN5O. The maximum Gasteiger partial charge on any atom is 0.277 e. The van der Waals surface area contributed by atoms with Crippen molar-refractivity contribution in [2.75, 3.05) is 5.32 Å². The minimum absolute atomic E-state index is 0.0350. The van der Waals surface area contributed by atoms with Crippen molar-refractivity contribution in [3.63, 3.8) is 0 Å². The molecule has 3 heterocycles. The van der Waals surface area contributed by atoms with Gasteiger partial charge in [0.1, 0.15) is 17.3 Å². The van der Waals surface area contributed by atoms with E-state index in [9.17, 15) is 9.18 Å². The van der Waals surface area contributed by atoms with Crippen molar-refractivity contribution in [3.8, 4) is 5.82 Å². The van der Waals surface area contributed by atoms with Crippen molar-refractivity contribution >= 4 is 23.3 Å². The molecule has 8 heteroatoms. The van der Waals surface area contributed by atoms with Crippen LogP contribution in [-0.4, -0.2) is 25.7 Å². The van der Waals surface area contributed by atoms with E-state index in [0.717, 1.165) is 17.6 Å². The Kier molecular flexibility index (Phi) is 4.26. The van der Waals surface area contributed by atoms with Gasteiger partial charge < -0.3 is 5.32 Å². The molecule has 0 unspecified atom stereocenters. The molecule has 0 saturated heterocycles. The van der Waals surface area contributed by atoms with Gasteiger partial charge in [-0.3, -0.25) is 4.79 Å². The maximum absolute atomic E-state index is 12.9. The molecule has 0 atom stereocenters. The van der Waals surface area contributed by atoms with Crippen LogP contribution in [0.5, 0.6) is 0 Å². The van der Waals surface area contributed by atoms with Crippen LogP contribution in [0.2, 0.25) is 5.02 Å². The molecule has 0 aromatic carbocycles. The molecule has 24 heavy (non-hydrogen) atoms. The second-order valence-corrected chi connectivity index (χ2v) is 5.56. The van der Waals surface area contributed by atoms with E-state index in [1.807, 2.05) is 19.9 Å². The smallest absolute Gasteiger partial charge is 0.277 e. The maximum atomic E-state index is 12.9. The highest BCUT2D eigenvalue weighted by molar-refractivity contribution is 6.34. The molecule has 0 bridgehead atoms. The van der Waals surface area contributed by atoms with Crippen LogP contribution in [-0.2, 0) is 0 Å². The highest BCUT2D eigenvalue weighted by Crippen LogP contribution is 2.19. The molecular weight excluding hydrogens is 333 g/mol. The molecule has 0 fully saturated rings. The second-order valence-electron chi connectivity index (χ2n) is 5.15. The average Bonchev–Trinajstić information content (AvgIpc) is 2.88. The summed E-state index contributed by atoms with van der Waals surface area (Å²) in [6.45, 7) is 3.76. The fourth-order valence-corrected chi connectivity index (χ4v) is 2.39. The Morgan fingerprint density at radius 3 is 2.67 bits per heavy atom. The van der Waals surface area contributed by atoms with Gasteiger partial charge in [-0.15, -0.1) is 0 Å². The van der Waals surface area contributed by atoms with E-state index in [1.165, 1.54) is 12.1 Å². The summed E-state index contributed by atoms with van der Waals surface area (Å²) in [5.41, 5.74) is 1.76. The van der Waals surface area contributed by atoms with Crippen LogP contribution in [0.4, 0.5) is 10.2 Å². The molecule has 0 aliphatic carbocycles. The summed E-state index contributed by atoms with van der Waals surface area (Å²) >= 11 is 6.08. The van der Waals surface area contributed by atoms with Crippen molar-refractivity contribution in [1.82, 2.24) is 19.7 Å². The van der Waals surface area contributed by atoms with Gasteiger partial charge in [0.15, 0.2) is 5.82 Å². The molecule has 0 aliphatic heterocycles. The fourth-order valence-electron chi connectivity index (χ4n) is 2.20. The first kappa shape index (κ1) is 16.1. The first-order valence-electron chi connectivity index (χ1n) is 7.07. The normalized spacial score (nSPS) is 10.7. The Bertz CT molecular complexity index is 907. The highest BCUT2D eigenvalue weighted by Gasteiger charge is 2.16. The molecule has 3 rings (SSSR count). The van der Waals surface area contributed by atoms with E-state index < -0.39 is 11.7 Å². The van der Waals surface area contributed by atoms with Gasteiger partial charge in [0.05, 0.1) is 16.9 Å². The zero-order valence-corrected chi connectivity index (χ0v) is 13.7. The number of carbonyl (C=O) groups is 1. The number of halogens is 2. The zero-order chi connectivity index (χ0) is 17.3. The van der Waals surface area contributed by atoms with Crippen LogP contribution in [0.15, 0.2) is 36.5 Å². The van der Waals surface area contributed by atoms with Crippen LogP contribution in [0.25, 0.3) is 5.82 Å². The minimum Gasteiger partial charge on any atom is -0.305 e. The number of hydrogen-bond acceptors (Lipinski definition) is 4. The molecule has 1 amide bonds. The number of anilines is 1. The first-order valence-corrected chi connectivity index (χ1v) is 7.45. The monoisotopic (exact) mass is 345 g/mol. The van der Waals surface area contributed by atoms with Crippen molar-refractivity contribution in [2.45, 2.75) is 13.8 Å². The number of nitrogens with one attached hydrogen (secondary N) is 1. The third kappa shape index (κ3) is 3.26. The summed E-state index contributed by atoms with van der Waals surface area (Å²) in [5, 5.41) is 7.06. The number of amides is 1. The molecule has 1 N–H and O–H groups in total. The van der Waals surface area contributed by atoms with Crippen LogP contribution < -0.4 is 5.32 Å². The molecule has 122 valence electrons. The van der Waals surface area contributed by atoms with Crippen LogP contribution in [0.3, 0.4) is 0 Å². The van der Waals surface area contributed by atoms with Crippen molar-refractivity contribution in [2.24, 2.45) is 0 Å². The summed E-state index contributed by atoms with van der Waals surface area (Å²) in [5.74, 6) is -0.351. The number of nitrogens with zero attached hydrogens (tertiary/aromatic N) is 4. The summed E-state index contributed by atoms with van der Waals surface area (Å²) in [6.07, 6.45) is 1.01. The van der Waals surface area contributed by atoms with E-state index in [4.69, 9.17) is 11.6 Å². The van der Waals surface area contributed by atoms with Gasteiger partial charge in [-0.1, -0.05) is 11.6 Å². The average molecular weight is 346 g/mol. The third-order valence-electron chi connectivity index (χ3n) is 3.24. The van der Waals surface area contributed by atoms with Gasteiger partial charge in [0.25, 0.3) is 5.91 Å². The molecule has 0 spiro atoms. The van der Waals surface area contributed by atoms with Crippen LogP contribution in [0, 0.1) is 19.7 Å². The second kappa shape index (κ2) is 6.37. The topological polar surface area (TPSA) is 72.7 Å².